The molecule has 0 bridgehead atoms. The predicted molar refractivity (Wildman–Crippen MR) is 63.2 cm³/mol. The molecule has 2 N–H and O–H groups in total. The van der Waals surface area contributed by atoms with Crippen LogP contribution in [0.2, 0.25) is 5.02 Å². The summed E-state index contributed by atoms with van der Waals surface area (Å²) in [5.41, 5.74) is 6.23. The monoisotopic (exact) mass is 273 g/mol. The molecule has 0 atom stereocenters. The van der Waals surface area contributed by atoms with Crippen molar-refractivity contribution in [2.75, 3.05) is 0 Å². The summed E-state index contributed by atoms with van der Waals surface area (Å²) in [5.74, 6) is 0.542. The first-order valence-corrected chi connectivity index (χ1v) is 6.14. The van der Waals surface area contributed by atoms with Gasteiger partial charge in [-0.3, -0.25) is 0 Å². The van der Waals surface area contributed by atoms with E-state index >= 15 is 0 Å². The Morgan fingerprint density at radius 3 is 2.88 bits per heavy atom. The van der Waals surface area contributed by atoms with E-state index in [1.54, 1.807) is 12.1 Å². The molecular formula is C10H9ClFN3OS. The standard InChI is InChI=1S/C10H9ClFN3OS/c11-7-3-6(1-2-8(7)12)5-17-10-15-14-9(4-13)16-10/h1-3H,4-5,13H2. The Hall–Kier alpha value is -1.11. The topological polar surface area (TPSA) is 64.9 Å². The van der Waals surface area contributed by atoms with Gasteiger partial charge in [0.1, 0.15) is 5.82 Å². The summed E-state index contributed by atoms with van der Waals surface area (Å²) in [5, 5.41) is 8.08. The fraction of sp³-hybridized carbons (Fsp3) is 0.200. The zero-order chi connectivity index (χ0) is 12.3. The van der Waals surface area contributed by atoms with Crippen LogP contribution in [0.15, 0.2) is 27.8 Å². The summed E-state index contributed by atoms with van der Waals surface area (Å²) in [6, 6.07) is 4.57. The van der Waals surface area contributed by atoms with Gasteiger partial charge in [0.05, 0.1) is 11.6 Å². The maximum atomic E-state index is 12.9. The van der Waals surface area contributed by atoms with Gasteiger partial charge in [0.15, 0.2) is 0 Å². The van der Waals surface area contributed by atoms with Crippen molar-refractivity contribution in [3.8, 4) is 0 Å². The van der Waals surface area contributed by atoms with Crippen LogP contribution in [0.3, 0.4) is 0 Å². The van der Waals surface area contributed by atoms with Crippen LogP contribution in [0, 0.1) is 5.82 Å². The molecule has 0 aliphatic heterocycles. The molecule has 0 fully saturated rings. The third-order valence-corrected chi connectivity index (χ3v) is 3.15. The number of aromatic nitrogens is 2. The second-order valence-electron chi connectivity index (χ2n) is 3.20. The smallest absolute Gasteiger partial charge is 0.276 e. The summed E-state index contributed by atoms with van der Waals surface area (Å²) in [6.07, 6.45) is 0. The number of hydrogen-bond acceptors (Lipinski definition) is 5. The third-order valence-electron chi connectivity index (χ3n) is 1.97. The van der Waals surface area contributed by atoms with Gasteiger partial charge in [-0.15, -0.1) is 10.2 Å². The third kappa shape index (κ3) is 3.18. The average molecular weight is 274 g/mol. The molecule has 0 saturated heterocycles. The Balaban J connectivity index is 1.99. The van der Waals surface area contributed by atoms with Crippen LogP contribution in [0.1, 0.15) is 11.5 Å². The normalized spacial score (nSPS) is 10.8. The highest BCUT2D eigenvalue weighted by Gasteiger charge is 2.06. The fourth-order valence-electron chi connectivity index (χ4n) is 1.15. The van der Waals surface area contributed by atoms with Crippen LogP contribution >= 0.6 is 23.4 Å². The summed E-state index contributed by atoms with van der Waals surface area (Å²) in [4.78, 5) is 0. The molecule has 2 rings (SSSR count). The van der Waals surface area contributed by atoms with E-state index < -0.39 is 5.82 Å². The van der Waals surface area contributed by atoms with Crippen LogP contribution in [0.5, 0.6) is 0 Å². The second kappa shape index (κ2) is 5.48. The van der Waals surface area contributed by atoms with Crippen LogP contribution in [0.4, 0.5) is 4.39 Å². The first-order chi connectivity index (χ1) is 8.19. The zero-order valence-electron chi connectivity index (χ0n) is 8.69. The molecule has 1 heterocycles. The molecule has 0 radical (unpaired) electrons. The molecule has 2 aromatic rings. The van der Waals surface area contributed by atoms with Crippen LogP contribution < -0.4 is 5.73 Å². The van der Waals surface area contributed by atoms with E-state index in [9.17, 15) is 4.39 Å². The van der Waals surface area contributed by atoms with Crippen molar-refractivity contribution in [1.29, 1.82) is 0 Å². The highest BCUT2D eigenvalue weighted by atomic mass is 35.5. The van der Waals surface area contributed by atoms with E-state index in [1.165, 1.54) is 17.8 Å². The fourth-order valence-corrected chi connectivity index (χ4v) is 2.08. The lowest BCUT2D eigenvalue weighted by molar-refractivity contribution is 0.415. The maximum Gasteiger partial charge on any atom is 0.276 e. The van der Waals surface area contributed by atoms with E-state index in [0.717, 1.165) is 5.56 Å². The van der Waals surface area contributed by atoms with Gasteiger partial charge >= 0.3 is 0 Å². The molecular weight excluding hydrogens is 265 g/mol. The molecule has 0 aliphatic rings. The SMILES string of the molecule is NCc1nnc(SCc2ccc(F)c(Cl)c2)o1. The van der Waals surface area contributed by atoms with Crippen molar-refractivity contribution in [3.63, 3.8) is 0 Å². The van der Waals surface area contributed by atoms with Gasteiger partial charge in [-0.25, -0.2) is 4.39 Å². The molecule has 0 aliphatic carbocycles. The van der Waals surface area contributed by atoms with Crippen molar-refractivity contribution in [2.45, 2.75) is 17.5 Å². The van der Waals surface area contributed by atoms with E-state index in [-0.39, 0.29) is 11.6 Å². The first-order valence-electron chi connectivity index (χ1n) is 4.78. The molecule has 90 valence electrons. The molecule has 0 saturated carbocycles. The van der Waals surface area contributed by atoms with Gasteiger partial charge in [0.25, 0.3) is 5.22 Å². The van der Waals surface area contributed by atoms with Crippen molar-refractivity contribution >= 4 is 23.4 Å². The molecule has 17 heavy (non-hydrogen) atoms. The van der Waals surface area contributed by atoms with Crippen LogP contribution in [-0.4, -0.2) is 10.2 Å². The van der Waals surface area contributed by atoms with Gasteiger partial charge < -0.3 is 10.2 Å². The van der Waals surface area contributed by atoms with Crippen LogP contribution in [-0.2, 0) is 12.3 Å². The lowest BCUT2D eigenvalue weighted by Crippen LogP contribution is -1.95. The molecule has 1 aromatic carbocycles. The molecule has 0 spiro atoms. The lowest BCUT2D eigenvalue weighted by atomic mass is 10.2. The number of thioether (sulfide) groups is 1. The highest BCUT2D eigenvalue weighted by molar-refractivity contribution is 7.98. The Labute approximate surface area is 106 Å². The Morgan fingerprint density at radius 1 is 1.41 bits per heavy atom. The minimum atomic E-state index is -0.427. The van der Waals surface area contributed by atoms with Gasteiger partial charge in [0, 0.05) is 5.75 Å². The molecule has 0 unspecified atom stereocenters. The van der Waals surface area contributed by atoms with E-state index in [0.29, 0.717) is 16.9 Å². The average Bonchev–Trinajstić information content (AvgIpc) is 2.79. The number of rotatable bonds is 4. The Kier molecular flexibility index (Phi) is 3.98. The predicted octanol–water partition coefficient (Wildman–Crippen LogP) is 2.61. The van der Waals surface area contributed by atoms with Crippen molar-refractivity contribution in [1.82, 2.24) is 10.2 Å². The van der Waals surface area contributed by atoms with E-state index in [1.807, 2.05) is 0 Å². The molecule has 4 nitrogen and oxygen atoms in total. The van der Waals surface area contributed by atoms with Gasteiger partial charge in [-0.05, 0) is 17.7 Å². The summed E-state index contributed by atoms with van der Waals surface area (Å²) in [7, 11) is 0. The first kappa shape index (κ1) is 12.3. The largest absolute Gasteiger partial charge is 0.415 e. The second-order valence-corrected chi connectivity index (χ2v) is 4.54. The number of hydrogen-bond donors (Lipinski definition) is 1. The number of nitrogens with two attached hydrogens (primary N) is 1. The van der Waals surface area contributed by atoms with Gasteiger partial charge in [0.2, 0.25) is 5.89 Å². The maximum absolute atomic E-state index is 12.9. The van der Waals surface area contributed by atoms with Crippen molar-refractivity contribution < 1.29 is 8.81 Å². The van der Waals surface area contributed by atoms with E-state index in [4.69, 9.17) is 21.8 Å². The van der Waals surface area contributed by atoms with Gasteiger partial charge in [-0.2, -0.15) is 0 Å². The Bertz CT molecular complexity index is 520. The summed E-state index contributed by atoms with van der Waals surface area (Å²) < 4.78 is 18.1. The highest BCUT2D eigenvalue weighted by Crippen LogP contribution is 2.24. The number of halogens is 2. The minimum Gasteiger partial charge on any atom is -0.415 e. The van der Waals surface area contributed by atoms with E-state index in [2.05, 4.69) is 10.2 Å². The van der Waals surface area contributed by atoms with Crippen molar-refractivity contribution in [3.05, 3.63) is 40.5 Å². The van der Waals surface area contributed by atoms with Crippen LogP contribution in [0.25, 0.3) is 0 Å². The Morgan fingerprint density at radius 2 is 2.24 bits per heavy atom. The lowest BCUT2D eigenvalue weighted by Gasteiger charge is -1.99. The van der Waals surface area contributed by atoms with Crippen molar-refractivity contribution in [2.24, 2.45) is 5.73 Å². The number of nitrogens with zero attached hydrogens (tertiary/aromatic N) is 2. The minimum absolute atomic E-state index is 0.108. The zero-order valence-corrected chi connectivity index (χ0v) is 10.3. The number of benzene rings is 1. The molecule has 1 aromatic heterocycles. The summed E-state index contributed by atoms with van der Waals surface area (Å²) >= 11 is 7.02. The molecule has 7 heteroatoms. The molecule has 0 amide bonds. The summed E-state index contributed by atoms with van der Waals surface area (Å²) in [6.45, 7) is 0.218. The van der Waals surface area contributed by atoms with Gasteiger partial charge in [-0.1, -0.05) is 29.4 Å². The quantitative estimate of drug-likeness (QED) is 0.868.